The SMILES string of the molecule is CNC(COCC(F)(F)C(F)F)c1cccc(Br)c1F. The quantitative estimate of drug-likeness (QED) is 0.746. The largest absolute Gasteiger partial charge is 0.373 e. The molecule has 2 nitrogen and oxygen atoms in total. The Morgan fingerprint density at radius 2 is 2.00 bits per heavy atom. The molecular formula is C12H13BrF5NO. The molecule has 0 spiro atoms. The van der Waals surface area contributed by atoms with Crippen LogP contribution in [0.1, 0.15) is 11.6 Å². The molecule has 8 heteroatoms. The van der Waals surface area contributed by atoms with Crippen molar-refractivity contribution in [2.24, 2.45) is 0 Å². The van der Waals surface area contributed by atoms with Crippen LogP contribution in [-0.4, -0.2) is 32.6 Å². The highest BCUT2D eigenvalue weighted by molar-refractivity contribution is 9.10. The molecule has 114 valence electrons. The van der Waals surface area contributed by atoms with Gasteiger partial charge in [0.1, 0.15) is 12.4 Å². The number of benzene rings is 1. The molecule has 0 heterocycles. The summed E-state index contributed by atoms with van der Waals surface area (Å²) >= 11 is 3.00. The van der Waals surface area contributed by atoms with Gasteiger partial charge >= 0.3 is 12.3 Å². The van der Waals surface area contributed by atoms with Gasteiger partial charge in [-0.15, -0.1) is 0 Å². The molecule has 0 aromatic heterocycles. The Hall–Kier alpha value is -0.730. The number of alkyl halides is 4. The molecule has 0 fully saturated rings. The zero-order valence-corrected chi connectivity index (χ0v) is 12.1. The molecule has 1 aromatic carbocycles. The molecule has 20 heavy (non-hydrogen) atoms. The van der Waals surface area contributed by atoms with Crippen molar-refractivity contribution in [3.8, 4) is 0 Å². The van der Waals surface area contributed by atoms with E-state index in [2.05, 4.69) is 26.0 Å². The lowest BCUT2D eigenvalue weighted by Gasteiger charge is -2.20. The Bertz CT molecular complexity index is 444. The highest BCUT2D eigenvalue weighted by atomic mass is 79.9. The Morgan fingerprint density at radius 1 is 1.35 bits per heavy atom. The van der Waals surface area contributed by atoms with Crippen molar-refractivity contribution in [2.45, 2.75) is 18.4 Å². The number of halogens is 6. The Kier molecular flexibility index (Phi) is 6.35. The number of nitrogens with one attached hydrogen (secondary N) is 1. The molecule has 0 aliphatic carbocycles. The molecule has 1 N–H and O–H groups in total. The molecular weight excluding hydrogens is 349 g/mol. The second-order valence-corrected chi connectivity index (χ2v) is 4.92. The number of hydrogen-bond acceptors (Lipinski definition) is 2. The summed E-state index contributed by atoms with van der Waals surface area (Å²) in [5.41, 5.74) is 0.197. The fraction of sp³-hybridized carbons (Fsp3) is 0.500. The van der Waals surface area contributed by atoms with Gasteiger partial charge in [-0.05, 0) is 29.0 Å². The van der Waals surface area contributed by atoms with Crippen LogP contribution in [0.4, 0.5) is 22.0 Å². The third kappa shape index (κ3) is 4.39. The van der Waals surface area contributed by atoms with Crippen LogP contribution in [0.5, 0.6) is 0 Å². The monoisotopic (exact) mass is 361 g/mol. The van der Waals surface area contributed by atoms with E-state index < -0.39 is 30.8 Å². The molecule has 0 saturated heterocycles. The minimum atomic E-state index is -4.21. The van der Waals surface area contributed by atoms with Crippen LogP contribution in [0.2, 0.25) is 0 Å². The van der Waals surface area contributed by atoms with Gasteiger partial charge in [-0.25, -0.2) is 13.2 Å². The van der Waals surface area contributed by atoms with E-state index in [1.54, 1.807) is 6.07 Å². The highest BCUT2D eigenvalue weighted by Crippen LogP contribution is 2.26. The van der Waals surface area contributed by atoms with Crippen LogP contribution in [0.15, 0.2) is 22.7 Å². The molecule has 1 aromatic rings. The summed E-state index contributed by atoms with van der Waals surface area (Å²) in [5, 5.41) is 2.68. The number of rotatable bonds is 7. The van der Waals surface area contributed by atoms with E-state index in [9.17, 15) is 22.0 Å². The average molecular weight is 362 g/mol. The van der Waals surface area contributed by atoms with E-state index >= 15 is 0 Å². The van der Waals surface area contributed by atoms with E-state index in [1.807, 2.05) is 0 Å². The lowest BCUT2D eigenvalue weighted by Crippen LogP contribution is -2.34. The lowest BCUT2D eigenvalue weighted by molar-refractivity contribution is -0.167. The number of hydrogen-bond donors (Lipinski definition) is 1. The maximum Gasteiger partial charge on any atom is 0.330 e. The first-order valence-corrected chi connectivity index (χ1v) is 6.43. The fourth-order valence-corrected chi connectivity index (χ4v) is 1.88. The van der Waals surface area contributed by atoms with Crippen molar-refractivity contribution in [3.05, 3.63) is 34.1 Å². The van der Waals surface area contributed by atoms with Gasteiger partial charge in [-0.3, -0.25) is 0 Å². The molecule has 0 amide bonds. The van der Waals surface area contributed by atoms with Crippen LogP contribution in [0, 0.1) is 5.82 Å². The van der Waals surface area contributed by atoms with Crippen LogP contribution < -0.4 is 5.32 Å². The van der Waals surface area contributed by atoms with Gasteiger partial charge in [0.05, 0.1) is 17.1 Å². The molecule has 0 saturated carbocycles. The van der Waals surface area contributed by atoms with Crippen LogP contribution >= 0.6 is 15.9 Å². The molecule has 0 aliphatic rings. The summed E-state index contributed by atoms with van der Waals surface area (Å²) in [7, 11) is 1.49. The molecule has 1 unspecified atom stereocenters. The zero-order valence-electron chi connectivity index (χ0n) is 10.5. The second-order valence-electron chi connectivity index (χ2n) is 4.06. The second kappa shape index (κ2) is 7.33. The summed E-state index contributed by atoms with van der Waals surface area (Å²) in [6.45, 7) is -1.77. The summed E-state index contributed by atoms with van der Waals surface area (Å²) < 4.78 is 67.9. The van der Waals surface area contributed by atoms with Crippen LogP contribution in [0.25, 0.3) is 0 Å². The number of ether oxygens (including phenoxy) is 1. The third-order valence-corrected chi connectivity index (χ3v) is 3.22. The van der Waals surface area contributed by atoms with Crippen molar-refractivity contribution in [1.82, 2.24) is 5.32 Å². The minimum Gasteiger partial charge on any atom is -0.373 e. The van der Waals surface area contributed by atoms with Crippen molar-refractivity contribution < 1.29 is 26.7 Å². The minimum absolute atomic E-state index is 0.197. The van der Waals surface area contributed by atoms with Gasteiger partial charge in [0.25, 0.3) is 0 Å². The molecule has 0 bridgehead atoms. The van der Waals surface area contributed by atoms with Crippen LogP contribution in [0.3, 0.4) is 0 Å². The van der Waals surface area contributed by atoms with Gasteiger partial charge in [0.15, 0.2) is 0 Å². The van der Waals surface area contributed by atoms with E-state index in [0.717, 1.165) is 0 Å². The topological polar surface area (TPSA) is 21.3 Å². The fourth-order valence-electron chi connectivity index (χ4n) is 1.49. The van der Waals surface area contributed by atoms with Gasteiger partial charge in [-0.2, -0.15) is 8.78 Å². The maximum absolute atomic E-state index is 13.8. The Balaban J connectivity index is 2.67. The summed E-state index contributed by atoms with van der Waals surface area (Å²) in [6, 6.07) is 3.79. The first-order chi connectivity index (χ1) is 9.29. The Labute approximate surface area is 121 Å². The highest BCUT2D eigenvalue weighted by Gasteiger charge is 2.41. The van der Waals surface area contributed by atoms with Crippen molar-refractivity contribution in [3.63, 3.8) is 0 Å². The Morgan fingerprint density at radius 3 is 2.55 bits per heavy atom. The summed E-state index contributed by atoms with van der Waals surface area (Å²) in [4.78, 5) is 0. The molecule has 1 rings (SSSR count). The first-order valence-electron chi connectivity index (χ1n) is 5.64. The van der Waals surface area contributed by atoms with Crippen molar-refractivity contribution >= 4 is 15.9 Å². The van der Waals surface area contributed by atoms with Gasteiger partial charge in [0, 0.05) is 5.56 Å². The van der Waals surface area contributed by atoms with Crippen molar-refractivity contribution in [1.29, 1.82) is 0 Å². The summed E-state index contributed by atoms with van der Waals surface area (Å²) in [6.07, 6.45) is -3.79. The number of likely N-dealkylation sites (N-methyl/N-ethyl adjacent to an activating group) is 1. The van der Waals surface area contributed by atoms with E-state index in [0.29, 0.717) is 0 Å². The smallest absolute Gasteiger partial charge is 0.330 e. The van der Waals surface area contributed by atoms with E-state index in [4.69, 9.17) is 0 Å². The predicted molar refractivity (Wildman–Crippen MR) is 67.7 cm³/mol. The predicted octanol–water partition coefficient (Wildman–Crippen LogP) is 3.77. The standard InChI is InChI=1S/C12H13BrF5NO/c1-19-9(5-20-6-12(17,18)11(15)16)7-3-2-4-8(13)10(7)14/h2-4,9,11,19H,5-6H2,1H3. The maximum atomic E-state index is 13.8. The van der Waals surface area contributed by atoms with Crippen molar-refractivity contribution in [2.75, 3.05) is 20.3 Å². The van der Waals surface area contributed by atoms with Gasteiger partial charge < -0.3 is 10.1 Å². The van der Waals surface area contributed by atoms with E-state index in [-0.39, 0.29) is 16.6 Å². The van der Waals surface area contributed by atoms with E-state index in [1.165, 1.54) is 19.2 Å². The summed E-state index contributed by atoms with van der Waals surface area (Å²) in [5.74, 6) is -4.77. The average Bonchev–Trinajstić information content (AvgIpc) is 2.38. The van der Waals surface area contributed by atoms with Gasteiger partial charge in [0.2, 0.25) is 0 Å². The molecule has 1 atom stereocenters. The molecule has 0 radical (unpaired) electrons. The van der Waals surface area contributed by atoms with Crippen LogP contribution in [-0.2, 0) is 4.74 Å². The normalized spacial score (nSPS) is 13.8. The lowest BCUT2D eigenvalue weighted by atomic mass is 10.1. The third-order valence-electron chi connectivity index (χ3n) is 2.60. The first kappa shape index (κ1) is 17.3. The van der Waals surface area contributed by atoms with Gasteiger partial charge in [-0.1, -0.05) is 12.1 Å². The molecule has 0 aliphatic heterocycles. The zero-order chi connectivity index (χ0) is 15.3.